The van der Waals surface area contributed by atoms with Gasteiger partial charge in [0.2, 0.25) is 5.95 Å². The van der Waals surface area contributed by atoms with Gasteiger partial charge in [0, 0.05) is 12.7 Å². The molecular weight excluding hydrogens is 401 g/mol. The zero-order valence-electron chi connectivity index (χ0n) is 17.0. The lowest BCUT2D eigenvalue weighted by molar-refractivity contribution is 0.0692. The van der Waals surface area contributed by atoms with Gasteiger partial charge in [0.15, 0.2) is 0 Å². The maximum absolute atomic E-state index is 13.1. The van der Waals surface area contributed by atoms with Crippen LogP contribution in [0, 0.1) is 5.82 Å². The zero-order valence-corrected chi connectivity index (χ0v) is 17.0. The molecule has 1 aliphatic rings. The van der Waals surface area contributed by atoms with Gasteiger partial charge in [-0.1, -0.05) is 12.1 Å². The van der Waals surface area contributed by atoms with Crippen LogP contribution < -0.4 is 14.4 Å². The fraction of sp³-hybridized carbons (Fsp3) is 0.261. The normalized spacial score (nSPS) is 15.7. The van der Waals surface area contributed by atoms with Gasteiger partial charge in [0.05, 0.1) is 18.8 Å². The van der Waals surface area contributed by atoms with Gasteiger partial charge in [0.1, 0.15) is 29.5 Å². The summed E-state index contributed by atoms with van der Waals surface area (Å²) >= 11 is 0. The number of benzene rings is 2. The average Bonchev–Trinajstić information content (AvgIpc) is 3.28. The second-order valence-electron chi connectivity index (χ2n) is 7.20. The summed E-state index contributed by atoms with van der Waals surface area (Å²) in [5.41, 5.74) is 1.36. The third-order valence-electron chi connectivity index (χ3n) is 5.28. The fourth-order valence-corrected chi connectivity index (χ4v) is 3.69. The predicted octanol–water partition coefficient (Wildman–Crippen LogP) is 4.24. The third-order valence-corrected chi connectivity index (χ3v) is 5.28. The van der Waals surface area contributed by atoms with Gasteiger partial charge in [-0.05, 0) is 54.8 Å². The van der Waals surface area contributed by atoms with Crippen LogP contribution in [0.25, 0.3) is 0 Å². The van der Waals surface area contributed by atoms with Crippen molar-refractivity contribution in [2.24, 2.45) is 0 Å². The van der Waals surface area contributed by atoms with Crippen molar-refractivity contribution in [3.63, 3.8) is 0 Å². The van der Waals surface area contributed by atoms with Crippen LogP contribution in [0.5, 0.6) is 11.5 Å². The minimum atomic E-state index is -1.13. The van der Waals surface area contributed by atoms with Crippen LogP contribution in [0.1, 0.15) is 40.5 Å². The number of hydrogen-bond donors (Lipinski definition) is 1. The second kappa shape index (κ2) is 8.99. The zero-order chi connectivity index (χ0) is 21.8. The molecule has 1 aliphatic heterocycles. The van der Waals surface area contributed by atoms with Gasteiger partial charge in [0.25, 0.3) is 0 Å². The van der Waals surface area contributed by atoms with Crippen molar-refractivity contribution >= 4 is 11.9 Å². The molecule has 31 heavy (non-hydrogen) atoms. The summed E-state index contributed by atoms with van der Waals surface area (Å²) in [5.74, 6) is 0.172. The quantitative estimate of drug-likeness (QED) is 0.608. The number of carbonyl (C=O) groups is 1. The van der Waals surface area contributed by atoms with Gasteiger partial charge in [-0.2, -0.15) is 0 Å². The van der Waals surface area contributed by atoms with E-state index in [2.05, 4.69) is 14.9 Å². The minimum absolute atomic E-state index is 0.0222. The molecule has 1 aromatic heterocycles. The molecule has 1 atom stereocenters. The largest absolute Gasteiger partial charge is 0.497 e. The Labute approximate surface area is 179 Å². The van der Waals surface area contributed by atoms with Crippen LogP contribution in [0.4, 0.5) is 10.3 Å². The molecule has 3 aromatic rings. The van der Waals surface area contributed by atoms with Gasteiger partial charge in [-0.15, -0.1) is 0 Å². The lowest BCUT2D eigenvalue weighted by Gasteiger charge is -2.25. The van der Waals surface area contributed by atoms with E-state index in [4.69, 9.17) is 9.47 Å². The van der Waals surface area contributed by atoms with Crippen LogP contribution in [0.15, 0.2) is 54.7 Å². The Morgan fingerprint density at radius 2 is 1.87 bits per heavy atom. The molecule has 1 fully saturated rings. The lowest BCUT2D eigenvalue weighted by Crippen LogP contribution is -2.26. The molecule has 0 amide bonds. The first-order valence-corrected chi connectivity index (χ1v) is 9.93. The Bertz CT molecular complexity index is 1060. The highest BCUT2D eigenvalue weighted by molar-refractivity contribution is 5.88. The highest BCUT2D eigenvalue weighted by atomic mass is 19.1. The van der Waals surface area contributed by atoms with E-state index in [1.54, 1.807) is 7.11 Å². The highest BCUT2D eigenvalue weighted by Crippen LogP contribution is 2.35. The number of halogens is 1. The molecule has 0 unspecified atom stereocenters. The molecule has 7 nitrogen and oxygen atoms in total. The molecule has 1 N–H and O–H groups in total. The molecule has 2 aromatic carbocycles. The minimum Gasteiger partial charge on any atom is -0.497 e. The van der Waals surface area contributed by atoms with Crippen molar-refractivity contribution in [3.05, 3.63) is 77.4 Å². The Hall–Kier alpha value is -3.68. The third kappa shape index (κ3) is 4.58. The topological polar surface area (TPSA) is 84.8 Å². The maximum Gasteiger partial charge on any atom is 0.339 e. The Morgan fingerprint density at radius 1 is 1.16 bits per heavy atom. The molecule has 0 saturated carbocycles. The first-order valence-electron chi connectivity index (χ1n) is 9.93. The number of anilines is 1. The lowest BCUT2D eigenvalue weighted by atomic mass is 10.0. The summed E-state index contributed by atoms with van der Waals surface area (Å²) < 4.78 is 24.0. The molecule has 160 valence electrons. The number of rotatable bonds is 7. The standard InChI is InChI=1S/C23H22FN3O4/c1-30-17-8-4-15(5-9-17)21-3-2-12-27(21)23-25-13-19(22(28)29)20(26-23)14-31-18-10-6-16(24)7-11-18/h4-11,13,21H,2-3,12,14H2,1H3,(H,28,29)/t21-/m1/s1. The number of hydrogen-bond acceptors (Lipinski definition) is 6. The number of nitrogens with zero attached hydrogens (tertiary/aromatic N) is 3. The number of ether oxygens (including phenoxy) is 2. The molecule has 0 bridgehead atoms. The van der Waals surface area contributed by atoms with E-state index in [1.807, 2.05) is 24.3 Å². The van der Waals surface area contributed by atoms with Crippen molar-refractivity contribution in [1.82, 2.24) is 9.97 Å². The van der Waals surface area contributed by atoms with Crippen molar-refractivity contribution < 1.29 is 23.8 Å². The van der Waals surface area contributed by atoms with Crippen LogP contribution >= 0.6 is 0 Å². The van der Waals surface area contributed by atoms with Crippen LogP contribution in [-0.2, 0) is 6.61 Å². The van der Waals surface area contributed by atoms with Crippen LogP contribution in [0.2, 0.25) is 0 Å². The van der Waals surface area contributed by atoms with E-state index in [9.17, 15) is 14.3 Å². The van der Waals surface area contributed by atoms with Gasteiger partial charge in [-0.25, -0.2) is 19.2 Å². The monoisotopic (exact) mass is 423 g/mol. The predicted molar refractivity (Wildman–Crippen MR) is 112 cm³/mol. The van der Waals surface area contributed by atoms with E-state index in [0.29, 0.717) is 11.7 Å². The summed E-state index contributed by atoms with van der Waals surface area (Å²) in [6, 6.07) is 13.5. The molecule has 0 aliphatic carbocycles. The van der Waals surface area contributed by atoms with Gasteiger partial charge in [-0.3, -0.25) is 0 Å². The molecule has 4 rings (SSSR count). The summed E-state index contributed by atoms with van der Waals surface area (Å²) in [6.45, 7) is 0.700. The van der Waals surface area contributed by atoms with Crippen molar-refractivity contribution in [3.8, 4) is 11.5 Å². The van der Waals surface area contributed by atoms with Crippen molar-refractivity contribution in [2.75, 3.05) is 18.6 Å². The molecule has 8 heteroatoms. The Morgan fingerprint density at radius 3 is 2.55 bits per heavy atom. The number of aromatic carboxylic acids is 1. The Balaban J connectivity index is 1.59. The van der Waals surface area contributed by atoms with E-state index in [-0.39, 0.29) is 29.7 Å². The summed E-state index contributed by atoms with van der Waals surface area (Å²) in [4.78, 5) is 22.6. The van der Waals surface area contributed by atoms with Crippen molar-refractivity contribution in [2.45, 2.75) is 25.5 Å². The highest BCUT2D eigenvalue weighted by Gasteiger charge is 2.29. The summed E-state index contributed by atoms with van der Waals surface area (Å²) in [7, 11) is 1.63. The first kappa shape index (κ1) is 20.6. The molecule has 0 radical (unpaired) electrons. The van der Waals surface area contributed by atoms with Gasteiger partial charge < -0.3 is 19.5 Å². The van der Waals surface area contributed by atoms with E-state index in [1.165, 1.54) is 30.5 Å². The van der Waals surface area contributed by atoms with Gasteiger partial charge >= 0.3 is 5.97 Å². The second-order valence-corrected chi connectivity index (χ2v) is 7.20. The average molecular weight is 423 g/mol. The Kier molecular flexibility index (Phi) is 5.97. The smallest absolute Gasteiger partial charge is 0.339 e. The SMILES string of the molecule is COc1ccc([C@H]2CCCN2c2ncc(C(=O)O)c(COc3ccc(F)cc3)n2)cc1. The molecule has 2 heterocycles. The number of carboxylic acids is 1. The van der Waals surface area contributed by atoms with E-state index < -0.39 is 5.97 Å². The van der Waals surface area contributed by atoms with E-state index >= 15 is 0 Å². The van der Waals surface area contributed by atoms with Crippen LogP contribution in [0.3, 0.4) is 0 Å². The molecule has 0 spiro atoms. The number of carboxylic acid groups (broad SMARTS) is 1. The van der Waals surface area contributed by atoms with E-state index in [0.717, 1.165) is 30.7 Å². The number of aromatic nitrogens is 2. The number of methoxy groups -OCH3 is 1. The summed E-state index contributed by atoms with van der Waals surface area (Å²) in [5, 5.41) is 9.52. The molecular formula is C23H22FN3O4. The fourth-order valence-electron chi connectivity index (χ4n) is 3.69. The van der Waals surface area contributed by atoms with Crippen molar-refractivity contribution in [1.29, 1.82) is 0 Å². The first-order chi connectivity index (χ1) is 15.0. The summed E-state index contributed by atoms with van der Waals surface area (Å²) in [6.07, 6.45) is 3.23. The maximum atomic E-state index is 13.1. The van der Waals surface area contributed by atoms with Crippen LogP contribution in [-0.4, -0.2) is 34.7 Å². The molecule has 1 saturated heterocycles.